The first-order valence-corrected chi connectivity index (χ1v) is 7.37. The lowest BCUT2D eigenvalue weighted by Gasteiger charge is -2.21. The predicted octanol–water partition coefficient (Wildman–Crippen LogP) is 2.46. The van der Waals surface area contributed by atoms with Crippen LogP contribution >= 0.6 is 11.6 Å². The maximum absolute atomic E-state index is 12.1. The highest BCUT2D eigenvalue weighted by atomic mass is 35.5. The molecule has 0 bridgehead atoms. The van der Waals surface area contributed by atoms with E-state index in [1.54, 1.807) is 18.2 Å². The van der Waals surface area contributed by atoms with Crippen molar-refractivity contribution in [3.8, 4) is 0 Å². The van der Waals surface area contributed by atoms with E-state index in [0.717, 1.165) is 31.0 Å². The summed E-state index contributed by atoms with van der Waals surface area (Å²) in [7, 11) is -0.995. The molecule has 0 aliphatic carbocycles. The van der Waals surface area contributed by atoms with Gasteiger partial charge in [0.25, 0.3) is 0 Å². The number of nitrogen functional groups attached to an aromatic ring is 1. The molecule has 1 aliphatic heterocycles. The van der Waals surface area contributed by atoms with Crippen LogP contribution in [0.25, 0.3) is 0 Å². The molecule has 17 heavy (non-hydrogen) atoms. The molecule has 0 aromatic heterocycles. The summed E-state index contributed by atoms with van der Waals surface area (Å²) >= 11 is 5.92. The van der Waals surface area contributed by atoms with Crippen LogP contribution in [0.1, 0.15) is 12.8 Å². The number of hydrogen-bond acceptors (Lipinski definition) is 3. The van der Waals surface area contributed by atoms with E-state index in [1.807, 2.05) is 0 Å². The Balaban J connectivity index is 2.01. The van der Waals surface area contributed by atoms with Gasteiger partial charge in [0.1, 0.15) is 0 Å². The van der Waals surface area contributed by atoms with E-state index in [1.165, 1.54) is 0 Å². The van der Waals surface area contributed by atoms with Crippen molar-refractivity contribution < 1.29 is 8.95 Å². The van der Waals surface area contributed by atoms with Gasteiger partial charge >= 0.3 is 0 Å². The van der Waals surface area contributed by atoms with E-state index in [4.69, 9.17) is 22.1 Å². The number of rotatable bonds is 3. The summed E-state index contributed by atoms with van der Waals surface area (Å²) in [6.07, 6.45) is 1.99. The molecule has 1 fully saturated rings. The van der Waals surface area contributed by atoms with Gasteiger partial charge in [0, 0.05) is 23.9 Å². The van der Waals surface area contributed by atoms with Crippen molar-refractivity contribution in [1.29, 1.82) is 0 Å². The molecule has 3 nitrogen and oxygen atoms in total. The quantitative estimate of drug-likeness (QED) is 0.861. The number of ether oxygens (including phenoxy) is 1. The Hall–Kier alpha value is -0.580. The standard InChI is InChI=1S/C12H16ClNO2S/c13-11-7-10(1-2-12(11)14)17(15)8-9-3-5-16-6-4-9/h1-2,7,9H,3-6,8,14H2. The number of benzene rings is 1. The third-order valence-electron chi connectivity index (χ3n) is 2.96. The molecule has 0 saturated carbocycles. The average molecular weight is 274 g/mol. The van der Waals surface area contributed by atoms with Crippen LogP contribution in [0.5, 0.6) is 0 Å². The Bertz CT molecular complexity index is 419. The van der Waals surface area contributed by atoms with Gasteiger partial charge in [-0.1, -0.05) is 11.6 Å². The molecule has 2 rings (SSSR count). The number of hydrogen-bond donors (Lipinski definition) is 1. The van der Waals surface area contributed by atoms with Crippen molar-refractivity contribution in [3.63, 3.8) is 0 Å². The molecule has 1 aliphatic rings. The molecular formula is C12H16ClNO2S. The zero-order valence-corrected chi connectivity index (χ0v) is 11.1. The lowest BCUT2D eigenvalue weighted by Crippen LogP contribution is -2.21. The fraction of sp³-hybridized carbons (Fsp3) is 0.500. The van der Waals surface area contributed by atoms with Gasteiger partial charge in [0.05, 0.1) is 21.5 Å². The Labute approximate surface area is 109 Å². The van der Waals surface area contributed by atoms with Crippen molar-refractivity contribution >= 4 is 28.1 Å². The Kier molecular flexibility index (Phi) is 4.42. The van der Waals surface area contributed by atoms with Crippen molar-refractivity contribution in [1.82, 2.24) is 0 Å². The summed E-state index contributed by atoms with van der Waals surface area (Å²) in [6, 6.07) is 5.20. The highest BCUT2D eigenvalue weighted by molar-refractivity contribution is 7.85. The van der Waals surface area contributed by atoms with Crippen LogP contribution in [0, 0.1) is 5.92 Å². The van der Waals surface area contributed by atoms with Crippen LogP contribution in [-0.2, 0) is 15.5 Å². The fourth-order valence-corrected chi connectivity index (χ4v) is 3.54. The van der Waals surface area contributed by atoms with Gasteiger partial charge in [-0.25, -0.2) is 0 Å². The van der Waals surface area contributed by atoms with Crippen LogP contribution in [0.15, 0.2) is 23.1 Å². The molecule has 1 unspecified atom stereocenters. The second-order valence-electron chi connectivity index (χ2n) is 4.25. The Morgan fingerprint density at radius 1 is 1.41 bits per heavy atom. The number of halogens is 1. The van der Waals surface area contributed by atoms with E-state index in [9.17, 15) is 4.21 Å². The number of anilines is 1. The molecule has 1 atom stereocenters. The molecule has 1 aromatic rings. The molecule has 1 aromatic carbocycles. The first-order chi connectivity index (χ1) is 8.16. The smallest absolute Gasteiger partial charge is 0.0647 e. The van der Waals surface area contributed by atoms with E-state index < -0.39 is 10.8 Å². The highest BCUT2D eigenvalue weighted by Gasteiger charge is 2.17. The molecule has 2 N–H and O–H groups in total. The van der Waals surface area contributed by atoms with Crippen molar-refractivity contribution in [3.05, 3.63) is 23.2 Å². The van der Waals surface area contributed by atoms with Crippen molar-refractivity contribution in [2.24, 2.45) is 5.92 Å². The third kappa shape index (κ3) is 3.44. The molecule has 0 radical (unpaired) electrons. The summed E-state index contributed by atoms with van der Waals surface area (Å²) < 4.78 is 17.4. The van der Waals surface area contributed by atoms with Gasteiger partial charge in [0.15, 0.2) is 0 Å². The van der Waals surface area contributed by atoms with E-state index in [-0.39, 0.29) is 0 Å². The lowest BCUT2D eigenvalue weighted by molar-refractivity contribution is 0.0725. The maximum Gasteiger partial charge on any atom is 0.0647 e. The molecule has 0 spiro atoms. The van der Waals surface area contributed by atoms with Crippen molar-refractivity contribution in [2.75, 3.05) is 24.7 Å². The van der Waals surface area contributed by atoms with Gasteiger partial charge < -0.3 is 10.5 Å². The molecule has 0 amide bonds. The van der Waals surface area contributed by atoms with Crippen LogP contribution in [0.3, 0.4) is 0 Å². The second kappa shape index (κ2) is 5.85. The Morgan fingerprint density at radius 2 is 2.12 bits per heavy atom. The summed E-state index contributed by atoms with van der Waals surface area (Å²) in [4.78, 5) is 0.760. The zero-order valence-electron chi connectivity index (χ0n) is 9.52. The average Bonchev–Trinajstić information content (AvgIpc) is 2.34. The van der Waals surface area contributed by atoms with Gasteiger partial charge in [-0.3, -0.25) is 4.21 Å². The highest BCUT2D eigenvalue weighted by Crippen LogP contribution is 2.24. The summed E-state index contributed by atoms with van der Waals surface area (Å²) in [5.74, 6) is 1.17. The predicted molar refractivity (Wildman–Crippen MR) is 70.7 cm³/mol. The first kappa shape index (κ1) is 12.9. The summed E-state index contributed by atoms with van der Waals surface area (Å²) in [5.41, 5.74) is 6.15. The Morgan fingerprint density at radius 3 is 2.76 bits per heavy atom. The first-order valence-electron chi connectivity index (χ1n) is 5.68. The topological polar surface area (TPSA) is 52.3 Å². The van der Waals surface area contributed by atoms with Gasteiger partial charge in [-0.2, -0.15) is 0 Å². The molecule has 1 heterocycles. The normalized spacial score (nSPS) is 19.1. The van der Waals surface area contributed by atoms with Crippen LogP contribution in [0.2, 0.25) is 5.02 Å². The molecule has 1 saturated heterocycles. The monoisotopic (exact) mass is 273 g/mol. The van der Waals surface area contributed by atoms with Crippen molar-refractivity contribution in [2.45, 2.75) is 17.7 Å². The largest absolute Gasteiger partial charge is 0.398 e. The SMILES string of the molecule is Nc1ccc(S(=O)CC2CCOCC2)cc1Cl. The lowest BCUT2D eigenvalue weighted by atomic mass is 10.0. The fourth-order valence-electron chi connectivity index (χ4n) is 1.87. The van der Waals surface area contributed by atoms with E-state index >= 15 is 0 Å². The van der Waals surface area contributed by atoms with Crippen LogP contribution < -0.4 is 5.73 Å². The molecule has 5 heteroatoms. The van der Waals surface area contributed by atoms with Crippen LogP contribution in [0.4, 0.5) is 5.69 Å². The van der Waals surface area contributed by atoms with Gasteiger partial charge in [0.2, 0.25) is 0 Å². The maximum atomic E-state index is 12.1. The molecular weight excluding hydrogens is 258 g/mol. The number of nitrogens with two attached hydrogens (primary N) is 1. The van der Waals surface area contributed by atoms with Gasteiger partial charge in [-0.05, 0) is 37.0 Å². The van der Waals surface area contributed by atoms with E-state index in [0.29, 0.717) is 22.4 Å². The minimum Gasteiger partial charge on any atom is -0.398 e. The van der Waals surface area contributed by atoms with E-state index in [2.05, 4.69) is 0 Å². The summed E-state index contributed by atoms with van der Waals surface area (Å²) in [5, 5.41) is 0.475. The zero-order chi connectivity index (χ0) is 12.3. The summed E-state index contributed by atoms with van der Waals surface area (Å²) in [6.45, 7) is 1.56. The van der Waals surface area contributed by atoms with Gasteiger partial charge in [-0.15, -0.1) is 0 Å². The third-order valence-corrected chi connectivity index (χ3v) is 4.84. The van der Waals surface area contributed by atoms with Crippen LogP contribution in [-0.4, -0.2) is 23.2 Å². The minimum atomic E-state index is -0.995. The second-order valence-corrected chi connectivity index (χ2v) is 6.15. The minimum absolute atomic E-state index is 0.475. The molecule has 94 valence electrons.